The van der Waals surface area contributed by atoms with Crippen LogP contribution < -0.4 is 5.32 Å². The Morgan fingerprint density at radius 3 is 2.20 bits per heavy atom. The van der Waals surface area contributed by atoms with E-state index < -0.39 is 5.54 Å². The van der Waals surface area contributed by atoms with Gasteiger partial charge in [-0.05, 0) is 36.3 Å². The Labute approximate surface area is 156 Å². The number of amides is 1. The molecule has 1 aromatic carbocycles. The van der Waals surface area contributed by atoms with E-state index in [1.807, 2.05) is 23.9 Å². The van der Waals surface area contributed by atoms with Gasteiger partial charge in [-0.1, -0.05) is 51.2 Å². The van der Waals surface area contributed by atoms with Crippen molar-refractivity contribution in [2.45, 2.75) is 69.2 Å². The van der Waals surface area contributed by atoms with Crippen molar-refractivity contribution in [3.63, 3.8) is 0 Å². The molecule has 1 amide bonds. The molecule has 0 heterocycles. The number of aliphatic hydroxyl groups excluding tert-OH is 2. The number of hydrogen-bond donors (Lipinski definition) is 3. The molecule has 0 aliphatic heterocycles. The fraction of sp³-hybridized carbons (Fsp3) is 0.650. The van der Waals surface area contributed by atoms with Gasteiger partial charge in [0.2, 0.25) is 5.91 Å². The van der Waals surface area contributed by atoms with Crippen molar-refractivity contribution in [1.82, 2.24) is 5.32 Å². The molecule has 0 aliphatic rings. The van der Waals surface area contributed by atoms with Crippen LogP contribution in [0.5, 0.6) is 0 Å². The highest BCUT2D eigenvalue weighted by Crippen LogP contribution is 2.22. The smallest absolute Gasteiger partial charge is 0.217 e. The van der Waals surface area contributed by atoms with Crippen LogP contribution in [-0.2, 0) is 11.2 Å². The molecule has 0 unspecified atom stereocenters. The van der Waals surface area contributed by atoms with Crippen molar-refractivity contribution in [3.05, 3.63) is 29.8 Å². The van der Waals surface area contributed by atoms with Gasteiger partial charge in [-0.2, -0.15) is 0 Å². The Bertz CT molecular complexity index is 486. The van der Waals surface area contributed by atoms with Crippen LogP contribution in [0, 0.1) is 0 Å². The second-order valence-electron chi connectivity index (χ2n) is 6.71. The lowest BCUT2D eigenvalue weighted by molar-refractivity contribution is -0.122. The quantitative estimate of drug-likeness (QED) is 0.368. The standard InChI is InChI=1S/C20H33NO3S/c1-3-4-5-6-7-8-13-25-19-11-9-18(10-12-19)14-20(15-22,16-23)21-17(2)24/h9-12,22-23H,3-8,13-16H2,1-2H3,(H,21,24). The predicted molar refractivity (Wildman–Crippen MR) is 105 cm³/mol. The van der Waals surface area contributed by atoms with E-state index in [0.717, 1.165) is 11.3 Å². The Morgan fingerprint density at radius 1 is 1.04 bits per heavy atom. The Morgan fingerprint density at radius 2 is 1.64 bits per heavy atom. The second kappa shape index (κ2) is 12.3. The summed E-state index contributed by atoms with van der Waals surface area (Å²) >= 11 is 1.86. The van der Waals surface area contributed by atoms with E-state index >= 15 is 0 Å². The molecule has 3 N–H and O–H groups in total. The molecular formula is C20H33NO3S. The number of carbonyl (C=O) groups is 1. The molecule has 0 atom stereocenters. The molecule has 1 aromatic rings. The molecule has 0 aromatic heterocycles. The normalized spacial score (nSPS) is 11.5. The van der Waals surface area contributed by atoms with Crippen molar-refractivity contribution >= 4 is 17.7 Å². The number of nitrogens with one attached hydrogen (secondary N) is 1. The van der Waals surface area contributed by atoms with E-state index in [0.29, 0.717) is 6.42 Å². The van der Waals surface area contributed by atoms with E-state index in [-0.39, 0.29) is 19.1 Å². The Balaban J connectivity index is 2.43. The molecule has 0 fully saturated rings. The first-order chi connectivity index (χ1) is 12.0. The summed E-state index contributed by atoms with van der Waals surface area (Å²) in [6.45, 7) is 3.04. The van der Waals surface area contributed by atoms with Gasteiger partial charge in [-0.25, -0.2) is 0 Å². The summed E-state index contributed by atoms with van der Waals surface area (Å²) in [6, 6.07) is 8.16. The fourth-order valence-corrected chi connectivity index (χ4v) is 3.74. The van der Waals surface area contributed by atoms with Gasteiger partial charge in [0.25, 0.3) is 0 Å². The number of benzene rings is 1. The Hall–Kier alpha value is -1.04. The summed E-state index contributed by atoms with van der Waals surface area (Å²) in [4.78, 5) is 12.5. The van der Waals surface area contributed by atoms with E-state index in [2.05, 4.69) is 24.4 Å². The van der Waals surface area contributed by atoms with Crippen LogP contribution >= 0.6 is 11.8 Å². The van der Waals surface area contributed by atoms with E-state index in [4.69, 9.17) is 0 Å². The minimum absolute atomic E-state index is 0.255. The molecule has 0 saturated carbocycles. The van der Waals surface area contributed by atoms with Crippen LogP contribution in [0.4, 0.5) is 0 Å². The molecule has 1 rings (SSSR count). The van der Waals surface area contributed by atoms with Crippen LogP contribution in [-0.4, -0.2) is 40.6 Å². The highest BCUT2D eigenvalue weighted by Gasteiger charge is 2.29. The number of carbonyl (C=O) groups excluding carboxylic acids is 1. The maximum atomic E-state index is 11.3. The van der Waals surface area contributed by atoms with Crippen molar-refractivity contribution in [2.75, 3.05) is 19.0 Å². The minimum atomic E-state index is -1.00. The predicted octanol–water partition coefficient (Wildman–Crippen LogP) is 3.54. The second-order valence-corrected chi connectivity index (χ2v) is 7.88. The zero-order valence-electron chi connectivity index (χ0n) is 15.6. The van der Waals surface area contributed by atoms with Gasteiger partial charge in [-0.15, -0.1) is 11.8 Å². The number of hydrogen-bond acceptors (Lipinski definition) is 4. The van der Waals surface area contributed by atoms with Crippen LogP contribution in [0.2, 0.25) is 0 Å². The zero-order chi connectivity index (χ0) is 18.5. The fourth-order valence-electron chi connectivity index (χ4n) is 2.83. The van der Waals surface area contributed by atoms with Gasteiger partial charge in [0.15, 0.2) is 0 Å². The average molecular weight is 368 g/mol. The molecule has 142 valence electrons. The lowest BCUT2D eigenvalue weighted by Gasteiger charge is -2.30. The van der Waals surface area contributed by atoms with Crippen molar-refractivity contribution in [1.29, 1.82) is 0 Å². The SMILES string of the molecule is CCCCCCCCSc1ccc(CC(CO)(CO)NC(C)=O)cc1. The molecular weight excluding hydrogens is 334 g/mol. The van der Waals surface area contributed by atoms with Gasteiger partial charge >= 0.3 is 0 Å². The summed E-state index contributed by atoms with van der Waals surface area (Å²) in [7, 11) is 0. The van der Waals surface area contributed by atoms with Gasteiger partial charge in [-0.3, -0.25) is 4.79 Å². The van der Waals surface area contributed by atoms with Crippen LogP contribution in [0.25, 0.3) is 0 Å². The van der Waals surface area contributed by atoms with Gasteiger partial charge in [0, 0.05) is 11.8 Å². The Kier molecular flexibility index (Phi) is 10.9. The lowest BCUT2D eigenvalue weighted by atomic mass is 9.92. The summed E-state index contributed by atoms with van der Waals surface area (Å²) in [6.07, 6.45) is 8.27. The molecule has 0 radical (unpaired) electrons. The van der Waals surface area contributed by atoms with Gasteiger partial charge < -0.3 is 15.5 Å². The van der Waals surface area contributed by atoms with E-state index in [9.17, 15) is 15.0 Å². The third-order valence-electron chi connectivity index (χ3n) is 4.28. The zero-order valence-corrected chi connectivity index (χ0v) is 16.4. The van der Waals surface area contributed by atoms with Crippen LogP contribution in [0.15, 0.2) is 29.2 Å². The van der Waals surface area contributed by atoms with Crippen molar-refractivity contribution in [2.24, 2.45) is 0 Å². The van der Waals surface area contributed by atoms with Crippen LogP contribution in [0.1, 0.15) is 57.9 Å². The summed E-state index contributed by atoms with van der Waals surface area (Å²) < 4.78 is 0. The highest BCUT2D eigenvalue weighted by atomic mass is 32.2. The molecule has 25 heavy (non-hydrogen) atoms. The third-order valence-corrected chi connectivity index (χ3v) is 5.38. The summed E-state index contributed by atoms with van der Waals surface area (Å²) in [5, 5.41) is 21.8. The number of aliphatic hydroxyl groups is 2. The van der Waals surface area contributed by atoms with Crippen LogP contribution in [0.3, 0.4) is 0 Å². The van der Waals surface area contributed by atoms with Gasteiger partial charge in [0.1, 0.15) is 0 Å². The highest BCUT2D eigenvalue weighted by molar-refractivity contribution is 7.99. The first kappa shape index (κ1) is 22.0. The van der Waals surface area contributed by atoms with Crippen molar-refractivity contribution in [3.8, 4) is 0 Å². The molecule has 0 bridgehead atoms. The van der Waals surface area contributed by atoms with E-state index in [1.54, 1.807) is 0 Å². The third kappa shape index (κ3) is 8.75. The molecule has 4 nitrogen and oxygen atoms in total. The molecule has 0 spiro atoms. The average Bonchev–Trinajstić information content (AvgIpc) is 2.61. The number of thioether (sulfide) groups is 1. The summed E-state index contributed by atoms with van der Waals surface area (Å²) in [5.74, 6) is 0.878. The lowest BCUT2D eigenvalue weighted by Crippen LogP contribution is -2.55. The first-order valence-electron chi connectivity index (χ1n) is 9.27. The summed E-state index contributed by atoms with van der Waals surface area (Å²) in [5.41, 5.74) is -0.0142. The maximum absolute atomic E-state index is 11.3. The molecule has 5 heteroatoms. The molecule has 0 saturated heterocycles. The first-order valence-corrected chi connectivity index (χ1v) is 10.3. The van der Waals surface area contributed by atoms with E-state index in [1.165, 1.54) is 50.3 Å². The maximum Gasteiger partial charge on any atom is 0.217 e. The van der Waals surface area contributed by atoms with Crippen molar-refractivity contribution < 1.29 is 15.0 Å². The number of unbranched alkanes of at least 4 members (excludes halogenated alkanes) is 5. The topological polar surface area (TPSA) is 69.6 Å². The van der Waals surface area contributed by atoms with Gasteiger partial charge in [0.05, 0.1) is 18.8 Å². The monoisotopic (exact) mass is 367 g/mol. The largest absolute Gasteiger partial charge is 0.394 e. The number of rotatable bonds is 13. The minimum Gasteiger partial charge on any atom is -0.394 e. The molecule has 0 aliphatic carbocycles.